The highest BCUT2D eigenvalue weighted by Gasteiger charge is 2.03. The lowest BCUT2D eigenvalue weighted by Crippen LogP contribution is -2.04. The minimum Gasteiger partial charge on any atom is -0.385 e. The molecule has 10 heavy (non-hydrogen) atoms. The van der Waals surface area contributed by atoms with Gasteiger partial charge in [0.05, 0.1) is 0 Å². The van der Waals surface area contributed by atoms with E-state index in [4.69, 9.17) is 4.74 Å². The van der Waals surface area contributed by atoms with E-state index in [1.165, 1.54) is 0 Å². The Morgan fingerprint density at radius 1 is 1.50 bits per heavy atom. The van der Waals surface area contributed by atoms with Gasteiger partial charge in [-0.15, -0.1) is 0 Å². The third-order valence-electron chi connectivity index (χ3n) is 1.54. The lowest BCUT2D eigenvalue weighted by Gasteiger charge is -2.06. The number of ether oxygens (including phenoxy) is 1. The Balaban J connectivity index is 3.29. The van der Waals surface area contributed by atoms with Gasteiger partial charge in [0.25, 0.3) is 0 Å². The molecular formula is C8H16O2. The molecule has 0 fully saturated rings. The Kier molecular flexibility index (Phi) is 6.50. The van der Waals surface area contributed by atoms with Gasteiger partial charge in [-0.05, 0) is 12.8 Å². The summed E-state index contributed by atoms with van der Waals surface area (Å²) in [5.41, 5.74) is 0. The SMILES string of the molecule is CCC[C@@H](C=O)CCOC. The molecule has 0 aliphatic rings. The van der Waals surface area contributed by atoms with Crippen LogP contribution >= 0.6 is 0 Å². The van der Waals surface area contributed by atoms with Crippen molar-refractivity contribution in [3.05, 3.63) is 0 Å². The largest absolute Gasteiger partial charge is 0.385 e. The van der Waals surface area contributed by atoms with Gasteiger partial charge in [0.1, 0.15) is 6.29 Å². The molecule has 0 saturated carbocycles. The number of methoxy groups -OCH3 is 1. The van der Waals surface area contributed by atoms with Gasteiger partial charge >= 0.3 is 0 Å². The van der Waals surface area contributed by atoms with Gasteiger partial charge < -0.3 is 9.53 Å². The summed E-state index contributed by atoms with van der Waals surface area (Å²) in [7, 11) is 1.66. The second-order valence-electron chi connectivity index (χ2n) is 2.47. The third kappa shape index (κ3) is 4.50. The number of hydrogen-bond acceptors (Lipinski definition) is 2. The fourth-order valence-electron chi connectivity index (χ4n) is 0.920. The van der Waals surface area contributed by atoms with E-state index >= 15 is 0 Å². The summed E-state index contributed by atoms with van der Waals surface area (Å²) in [6, 6.07) is 0. The van der Waals surface area contributed by atoms with Gasteiger partial charge in [-0.25, -0.2) is 0 Å². The zero-order chi connectivity index (χ0) is 7.82. The van der Waals surface area contributed by atoms with Gasteiger partial charge in [0.15, 0.2) is 0 Å². The van der Waals surface area contributed by atoms with Crippen molar-refractivity contribution in [2.24, 2.45) is 5.92 Å². The zero-order valence-electron chi connectivity index (χ0n) is 6.80. The van der Waals surface area contributed by atoms with E-state index in [-0.39, 0.29) is 5.92 Å². The maximum Gasteiger partial charge on any atom is 0.123 e. The van der Waals surface area contributed by atoms with Crippen LogP contribution in [0.2, 0.25) is 0 Å². The molecule has 0 rings (SSSR count). The molecule has 0 unspecified atom stereocenters. The average molecular weight is 144 g/mol. The maximum atomic E-state index is 10.3. The molecule has 1 atom stereocenters. The molecule has 0 spiro atoms. The molecule has 0 aliphatic carbocycles. The molecule has 2 heteroatoms. The highest BCUT2D eigenvalue weighted by Crippen LogP contribution is 2.07. The molecule has 0 heterocycles. The lowest BCUT2D eigenvalue weighted by molar-refractivity contribution is -0.111. The molecule has 0 bridgehead atoms. The van der Waals surface area contributed by atoms with Crippen molar-refractivity contribution in [2.45, 2.75) is 26.2 Å². The smallest absolute Gasteiger partial charge is 0.123 e. The summed E-state index contributed by atoms with van der Waals surface area (Å²) < 4.78 is 4.86. The van der Waals surface area contributed by atoms with E-state index in [1.807, 2.05) is 0 Å². The second-order valence-corrected chi connectivity index (χ2v) is 2.47. The molecule has 0 amide bonds. The van der Waals surface area contributed by atoms with E-state index in [0.29, 0.717) is 6.61 Å². The van der Waals surface area contributed by atoms with Crippen LogP contribution in [0.25, 0.3) is 0 Å². The first-order valence-corrected chi connectivity index (χ1v) is 3.79. The summed E-state index contributed by atoms with van der Waals surface area (Å²) >= 11 is 0. The van der Waals surface area contributed by atoms with Crippen molar-refractivity contribution in [3.8, 4) is 0 Å². The molecule has 0 aromatic heterocycles. The van der Waals surface area contributed by atoms with Crippen molar-refractivity contribution in [3.63, 3.8) is 0 Å². The number of rotatable bonds is 6. The van der Waals surface area contributed by atoms with E-state index < -0.39 is 0 Å². The number of hydrogen-bond donors (Lipinski definition) is 0. The Morgan fingerprint density at radius 3 is 2.60 bits per heavy atom. The van der Waals surface area contributed by atoms with Gasteiger partial charge in [-0.1, -0.05) is 13.3 Å². The molecular weight excluding hydrogens is 128 g/mol. The highest BCUT2D eigenvalue weighted by molar-refractivity contribution is 5.53. The Morgan fingerprint density at radius 2 is 2.20 bits per heavy atom. The molecule has 0 N–H and O–H groups in total. The average Bonchev–Trinajstić information content (AvgIpc) is 1.98. The molecule has 0 saturated heterocycles. The van der Waals surface area contributed by atoms with Crippen molar-refractivity contribution in [2.75, 3.05) is 13.7 Å². The standard InChI is InChI=1S/C8H16O2/c1-3-4-8(7-9)5-6-10-2/h7-8H,3-6H2,1-2H3/t8-/m1/s1. The van der Waals surface area contributed by atoms with Crippen molar-refractivity contribution in [1.82, 2.24) is 0 Å². The van der Waals surface area contributed by atoms with Crippen LogP contribution < -0.4 is 0 Å². The van der Waals surface area contributed by atoms with Gasteiger partial charge in [-0.3, -0.25) is 0 Å². The van der Waals surface area contributed by atoms with E-state index in [0.717, 1.165) is 25.5 Å². The number of carbonyl (C=O) groups excluding carboxylic acids is 1. The lowest BCUT2D eigenvalue weighted by atomic mass is 10.0. The summed E-state index contributed by atoms with van der Waals surface area (Å²) in [4.78, 5) is 10.3. The Hall–Kier alpha value is -0.370. The fraction of sp³-hybridized carbons (Fsp3) is 0.875. The fourth-order valence-corrected chi connectivity index (χ4v) is 0.920. The minimum atomic E-state index is 0.213. The zero-order valence-corrected chi connectivity index (χ0v) is 6.80. The van der Waals surface area contributed by atoms with Crippen molar-refractivity contribution in [1.29, 1.82) is 0 Å². The number of aldehydes is 1. The summed E-state index contributed by atoms with van der Waals surface area (Å²) in [5.74, 6) is 0.213. The molecule has 60 valence electrons. The van der Waals surface area contributed by atoms with E-state index in [2.05, 4.69) is 6.92 Å². The molecule has 0 aromatic carbocycles. The van der Waals surface area contributed by atoms with Crippen LogP contribution in [0.1, 0.15) is 26.2 Å². The predicted molar refractivity (Wildman–Crippen MR) is 41.0 cm³/mol. The predicted octanol–water partition coefficient (Wildman–Crippen LogP) is 1.64. The van der Waals surface area contributed by atoms with Crippen LogP contribution in [0.15, 0.2) is 0 Å². The quantitative estimate of drug-likeness (QED) is 0.530. The van der Waals surface area contributed by atoms with Crippen molar-refractivity contribution >= 4 is 6.29 Å². The first-order valence-electron chi connectivity index (χ1n) is 3.79. The van der Waals surface area contributed by atoms with E-state index in [9.17, 15) is 4.79 Å². The van der Waals surface area contributed by atoms with Crippen LogP contribution in [0.4, 0.5) is 0 Å². The molecule has 0 radical (unpaired) electrons. The first kappa shape index (κ1) is 9.63. The van der Waals surface area contributed by atoms with Crippen LogP contribution in [0, 0.1) is 5.92 Å². The normalized spacial score (nSPS) is 13.0. The maximum absolute atomic E-state index is 10.3. The van der Waals surface area contributed by atoms with Crippen LogP contribution in [-0.2, 0) is 9.53 Å². The molecule has 0 aliphatic heterocycles. The van der Waals surface area contributed by atoms with Gasteiger partial charge in [0.2, 0.25) is 0 Å². The molecule has 0 aromatic rings. The Labute approximate surface area is 62.6 Å². The van der Waals surface area contributed by atoms with Crippen LogP contribution in [0.3, 0.4) is 0 Å². The summed E-state index contributed by atoms with van der Waals surface area (Å²) in [5, 5.41) is 0. The molecule has 2 nitrogen and oxygen atoms in total. The number of carbonyl (C=O) groups is 1. The van der Waals surface area contributed by atoms with Crippen molar-refractivity contribution < 1.29 is 9.53 Å². The van der Waals surface area contributed by atoms with Gasteiger partial charge in [0, 0.05) is 19.6 Å². The minimum absolute atomic E-state index is 0.213. The van der Waals surface area contributed by atoms with Gasteiger partial charge in [-0.2, -0.15) is 0 Å². The van der Waals surface area contributed by atoms with E-state index in [1.54, 1.807) is 7.11 Å². The van der Waals surface area contributed by atoms with Crippen LogP contribution in [0.5, 0.6) is 0 Å². The second kappa shape index (κ2) is 6.75. The monoisotopic (exact) mass is 144 g/mol. The third-order valence-corrected chi connectivity index (χ3v) is 1.54. The Bertz CT molecular complexity index is 81.3. The summed E-state index contributed by atoms with van der Waals surface area (Å²) in [6.45, 7) is 2.78. The topological polar surface area (TPSA) is 26.3 Å². The van der Waals surface area contributed by atoms with Crippen LogP contribution in [-0.4, -0.2) is 20.0 Å². The summed E-state index contributed by atoms with van der Waals surface area (Å²) in [6.07, 6.45) is 3.97. The first-order chi connectivity index (χ1) is 4.85. The highest BCUT2D eigenvalue weighted by atomic mass is 16.5.